The van der Waals surface area contributed by atoms with Gasteiger partial charge in [0.15, 0.2) is 0 Å². The molecule has 1 aromatic carbocycles. The summed E-state index contributed by atoms with van der Waals surface area (Å²) in [6.45, 7) is 2.34. The van der Waals surface area contributed by atoms with Crippen molar-refractivity contribution >= 4 is 27.7 Å². The molecule has 2 nitrogen and oxygen atoms in total. The molecule has 0 aliphatic heterocycles. The molecular weight excluding hydrogens is 329 g/mol. The van der Waals surface area contributed by atoms with Gasteiger partial charge in [0.2, 0.25) is 0 Å². The lowest BCUT2D eigenvalue weighted by Gasteiger charge is -2.25. The van der Waals surface area contributed by atoms with E-state index < -0.39 is 5.60 Å². The smallest absolute Gasteiger partial charge is 0.126 e. The number of nitrogens with one attached hydrogen (secondary N) is 1. The van der Waals surface area contributed by atoms with Crippen molar-refractivity contribution in [2.45, 2.75) is 31.4 Å². The molecule has 0 heterocycles. The second-order valence-electron chi connectivity index (χ2n) is 5.32. The Hall–Kier alpha value is -0.100. The fraction of sp³-hybridized carbons (Fsp3) is 0.571. The van der Waals surface area contributed by atoms with Gasteiger partial charge in [-0.2, -0.15) is 11.8 Å². The average molecular weight is 348 g/mol. The average Bonchev–Trinajstić information content (AvgIpc) is 2.77. The maximum absolute atomic E-state index is 13.7. The molecule has 0 saturated heterocycles. The SMILES string of the molecule is CSCC(C)(O)CNC1CCc2c(F)ccc(Br)c21. The number of hydrogen-bond acceptors (Lipinski definition) is 3. The molecule has 19 heavy (non-hydrogen) atoms. The van der Waals surface area contributed by atoms with Crippen LogP contribution in [0.25, 0.3) is 0 Å². The minimum Gasteiger partial charge on any atom is -0.388 e. The molecule has 0 amide bonds. The van der Waals surface area contributed by atoms with Crippen molar-refractivity contribution in [1.29, 1.82) is 0 Å². The van der Waals surface area contributed by atoms with Crippen LogP contribution in [0.1, 0.15) is 30.5 Å². The maximum Gasteiger partial charge on any atom is 0.126 e. The lowest BCUT2D eigenvalue weighted by Crippen LogP contribution is -2.41. The molecule has 1 aromatic rings. The van der Waals surface area contributed by atoms with Crippen molar-refractivity contribution in [1.82, 2.24) is 5.32 Å². The highest BCUT2D eigenvalue weighted by Gasteiger charge is 2.29. The third kappa shape index (κ3) is 3.51. The van der Waals surface area contributed by atoms with Gasteiger partial charge in [0.1, 0.15) is 5.82 Å². The minimum absolute atomic E-state index is 0.119. The predicted octanol–water partition coefficient (Wildman–Crippen LogP) is 3.28. The first-order chi connectivity index (χ1) is 8.94. The normalized spacial score (nSPS) is 21.2. The summed E-state index contributed by atoms with van der Waals surface area (Å²) < 4.78 is 14.7. The number of thioether (sulfide) groups is 1. The van der Waals surface area contributed by atoms with Crippen LogP contribution in [-0.4, -0.2) is 29.3 Å². The quantitative estimate of drug-likeness (QED) is 0.857. The number of aliphatic hydroxyl groups is 1. The van der Waals surface area contributed by atoms with Crippen molar-refractivity contribution in [3.05, 3.63) is 33.5 Å². The van der Waals surface area contributed by atoms with Crippen LogP contribution in [0, 0.1) is 5.82 Å². The third-order valence-corrected chi connectivity index (χ3v) is 5.06. The molecule has 2 N–H and O–H groups in total. The van der Waals surface area contributed by atoms with E-state index in [9.17, 15) is 9.50 Å². The Labute approximate surface area is 126 Å². The Balaban J connectivity index is 2.09. The lowest BCUT2D eigenvalue weighted by atomic mass is 10.1. The highest BCUT2D eigenvalue weighted by atomic mass is 79.9. The topological polar surface area (TPSA) is 32.3 Å². The van der Waals surface area contributed by atoms with Gasteiger partial charge in [-0.15, -0.1) is 0 Å². The second kappa shape index (κ2) is 6.12. The summed E-state index contributed by atoms with van der Waals surface area (Å²) in [5.74, 6) is 0.558. The molecule has 1 aliphatic carbocycles. The van der Waals surface area contributed by atoms with Gasteiger partial charge in [-0.05, 0) is 49.3 Å². The Kier molecular flexibility index (Phi) is 4.93. The Morgan fingerprint density at radius 3 is 3.00 bits per heavy atom. The lowest BCUT2D eigenvalue weighted by molar-refractivity contribution is 0.0814. The molecule has 0 saturated carbocycles. The molecule has 2 rings (SSSR count). The van der Waals surface area contributed by atoms with Crippen molar-refractivity contribution in [3.8, 4) is 0 Å². The molecule has 0 spiro atoms. The molecule has 0 bridgehead atoms. The number of fused-ring (bicyclic) bond motifs is 1. The van der Waals surface area contributed by atoms with Crippen LogP contribution >= 0.6 is 27.7 Å². The molecule has 1 aliphatic rings. The van der Waals surface area contributed by atoms with E-state index in [1.165, 1.54) is 6.07 Å². The fourth-order valence-corrected chi connectivity index (χ4v) is 3.95. The van der Waals surface area contributed by atoms with E-state index in [0.29, 0.717) is 12.3 Å². The summed E-state index contributed by atoms with van der Waals surface area (Å²) in [5.41, 5.74) is 1.08. The van der Waals surface area contributed by atoms with Crippen LogP contribution in [0.5, 0.6) is 0 Å². The summed E-state index contributed by atoms with van der Waals surface area (Å²) in [4.78, 5) is 0. The first kappa shape index (κ1) is 15.3. The van der Waals surface area contributed by atoms with E-state index in [1.54, 1.807) is 17.8 Å². The number of hydrogen-bond donors (Lipinski definition) is 2. The van der Waals surface area contributed by atoms with E-state index >= 15 is 0 Å². The largest absolute Gasteiger partial charge is 0.388 e. The van der Waals surface area contributed by atoms with Crippen molar-refractivity contribution in [2.75, 3.05) is 18.6 Å². The van der Waals surface area contributed by atoms with E-state index in [2.05, 4.69) is 21.2 Å². The van der Waals surface area contributed by atoms with Crippen molar-refractivity contribution in [3.63, 3.8) is 0 Å². The van der Waals surface area contributed by atoms with Crippen molar-refractivity contribution in [2.24, 2.45) is 0 Å². The highest BCUT2D eigenvalue weighted by Crippen LogP contribution is 2.38. The summed E-state index contributed by atoms with van der Waals surface area (Å²) in [5, 5.41) is 13.5. The number of rotatable bonds is 5. The molecule has 0 radical (unpaired) electrons. The number of benzene rings is 1. The standard InChI is InChI=1S/C14H19BrFNOS/c1-14(18,8-19-2)7-17-12-6-3-9-11(16)5-4-10(15)13(9)12/h4-5,12,17-18H,3,6-8H2,1-2H3. The van der Waals surface area contributed by atoms with Crippen LogP contribution < -0.4 is 5.32 Å². The van der Waals surface area contributed by atoms with Gasteiger partial charge in [0.25, 0.3) is 0 Å². The molecule has 5 heteroatoms. The monoisotopic (exact) mass is 347 g/mol. The van der Waals surface area contributed by atoms with Crippen LogP contribution in [0.15, 0.2) is 16.6 Å². The third-order valence-electron chi connectivity index (χ3n) is 3.46. The molecule has 0 aromatic heterocycles. The zero-order chi connectivity index (χ0) is 14.0. The molecule has 2 atom stereocenters. The Bertz CT molecular complexity index is 467. The maximum atomic E-state index is 13.7. The van der Waals surface area contributed by atoms with E-state index in [-0.39, 0.29) is 11.9 Å². The summed E-state index contributed by atoms with van der Waals surface area (Å²) in [6, 6.07) is 3.39. The van der Waals surface area contributed by atoms with Crippen LogP contribution in [-0.2, 0) is 6.42 Å². The first-order valence-corrected chi connectivity index (χ1v) is 8.55. The predicted molar refractivity (Wildman–Crippen MR) is 82.2 cm³/mol. The van der Waals surface area contributed by atoms with Gasteiger partial charge in [-0.3, -0.25) is 0 Å². The summed E-state index contributed by atoms with van der Waals surface area (Å²) >= 11 is 5.12. The van der Waals surface area contributed by atoms with Gasteiger partial charge < -0.3 is 10.4 Å². The zero-order valence-electron chi connectivity index (χ0n) is 11.2. The second-order valence-corrected chi connectivity index (χ2v) is 7.04. The Morgan fingerprint density at radius 1 is 1.58 bits per heavy atom. The summed E-state index contributed by atoms with van der Waals surface area (Å²) in [6.07, 6.45) is 3.61. The van der Waals surface area contributed by atoms with E-state index in [1.807, 2.05) is 13.2 Å². The first-order valence-electron chi connectivity index (χ1n) is 6.36. The van der Waals surface area contributed by atoms with Crippen LogP contribution in [0.2, 0.25) is 0 Å². The van der Waals surface area contributed by atoms with Gasteiger partial charge in [-0.1, -0.05) is 15.9 Å². The van der Waals surface area contributed by atoms with Crippen LogP contribution in [0.4, 0.5) is 4.39 Å². The minimum atomic E-state index is -0.734. The highest BCUT2D eigenvalue weighted by molar-refractivity contribution is 9.10. The summed E-state index contributed by atoms with van der Waals surface area (Å²) in [7, 11) is 0. The Morgan fingerprint density at radius 2 is 2.32 bits per heavy atom. The molecule has 2 unspecified atom stereocenters. The van der Waals surface area contributed by atoms with Gasteiger partial charge in [0, 0.05) is 22.8 Å². The zero-order valence-corrected chi connectivity index (χ0v) is 13.6. The van der Waals surface area contributed by atoms with Crippen LogP contribution in [0.3, 0.4) is 0 Å². The van der Waals surface area contributed by atoms with Gasteiger partial charge >= 0.3 is 0 Å². The van der Waals surface area contributed by atoms with Gasteiger partial charge in [-0.25, -0.2) is 4.39 Å². The van der Waals surface area contributed by atoms with E-state index in [4.69, 9.17) is 0 Å². The van der Waals surface area contributed by atoms with Crippen molar-refractivity contribution < 1.29 is 9.50 Å². The molecule has 0 fully saturated rings. The number of halogens is 2. The fourth-order valence-electron chi connectivity index (χ4n) is 2.58. The van der Waals surface area contributed by atoms with Gasteiger partial charge in [0.05, 0.1) is 5.60 Å². The molecule has 106 valence electrons. The molecular formula is C14H19BrFNOS. The van der Waals surface area contributed by atoms with E-state index in [0.717, 1.165) is 28.4 Å².